The quantitative estimate of drug-likeness (QED) is 0.604. The van der Waals surface area contributed by atoms with Gasteiger partial charge in [-0.2, -0.15) is 0 Å². The summed E-state index contributed by atoms with van der Waals surface area (Å²) in [5.41, 5.74) is 0. The van der Waals surface area contributed by atoms with Crippen LogP contribution in [0.2, 0.25) is 0 Å². The molecule has 0 aromatic heterocycles. The molecule has 0 saturated carbocycles. The first-order chi connectivity index (χ1) is 7.86. The molecule has 0 unspecified atom stereocenters. The molecular formula is C12H27N3O. The van der Waals surface area contributed by atoms with Crippen molar-refractivity contribution in [2.45, 2.75) is 13.8 Å². The average molecular weight is 229 g/mol. The lowest BCUT2D eigenvalue weighted by molar-refractivity contribution is 0.108. The van der Waals surface area contributed by atoms with Gasteiger partial charge in [0.25, 0.3) is 0 Å². The van der Waals surface area contributed by atoms with Crippen LogP contribution in [0.4, 0.5) is 0 Å². The van der Waals surface area contributed by atoms with Crippen LogP contribution in [0.5, 0.6) is 0 Å². The zero-order chi connectivity index (χ0) is 11.6. The SMILES string of the molecule is CCOCCN(CC)CCN1CCNCC1. The zero-order valence-corrected chi connectivity index (χ0v) is 10.9. The molecule has 16 heavy (non-hydrogen) atoms. The van der Waals surface area contributed by atoms with Crippen molar-refractivity contribution in [1.29, 1.82) is 0 Å². The highest BCUT2D eigenvalue weighted by Crippen LogP contribution is 1.95. The summed E-state index contributed by atoms with van der Waals surface area (Å²) >= 11 is 0. The summed E-state index contributed by atoms with van der Waals surface area (Å²) in [4.78, 5) is 5.01. The zero-order valence-electron chi connectivity index (χ0n) is 10.9. The van der Waals surface area contributed by atoms with E-state index in [9.17, 15) is 0 Å². The fourth-order valence-electron chi connectivity index (χ4n) is 1.98. The van der Waals surface area contributed by atoms with Crippen LogP contribution >= 0.6 is 0 Å². The molecule has 1 aliphatic rings. The summed E-state index contributed by atoms with van der Waals surface area (Å²) in [6, 6.07) is 0. The van der Waals surface area contributed by atoms with E-state index in [-0.39, 0.29) is 0 Å². The second-order valence-electron chi connectivity index (χ2n) is 4.22. The molecule has 0 aromatic rings. The molecule has 4 nitrogen and oxygen atoms in total. The molecule has 0 amide bonds. The maximum absolute atomic E-state index is 5.39. The van der Waals surface area contributed by atoms with Crippen molar-refractivity contribution in [1.82, 2.24) is 15.1 Å². The molecule has 0 atom stereocenters. The molecule has 0 bridgehead atoms. The Balaban J connectivity index is 2.07. The number of nitrogens with one attached hydrogen (secondary N) is 1. The molecule has 0 aliphatic carbocycles. The van der Waals surface area contributed by atoms with Crippen LogP contribution in [-0.2, 0) is 4.74 Å². The number of likely N-dealkylation sites (N-methyl/N-ethyl adjacent to an activating group) is 1. The highest BCUT2D eigenvalue weighted by Gasteiger charge is 2.10. The highest BCUT2D eigenvalue weighted by atomic mass is 16.5. The number of ether oxygens (including phenoxy) is 1. The van der Waals surface area contributed by atoms with Crippen molar-refractivity contribution < 1.29 is 4.74 Å². The molecule has 1 fully saturated rings. The Hall–Kier alpha value is -0.160. The molecule has 4 heteroatoms. The van der Waals surface area contributed by atoms with Crippen LogP contribution in [-0.4, -0.2) is 75.4 Å². The van der Waals surface area contributed by atoms with Gasteiger partial charge in [-0.05, 0) is 13.5 Å². The number of nitrogens with zero attached hydrogens (tertiary/aromatic N) is 2. The summed E-state index contributed by atoms with van der Waals surface area (Å²) in [6.45, 7) is 15.2. The lowest BCUT2D eigenvalue weighted by Crippen LogP contribution is -2.46. The average Bonchev–Trinajstić information content (AvgIpc) is 2.35. The van der Waals surface area contributed by atoms with Gasteiger partial charge in [-0.15, -0.1) is 0 Å². The molecule has 0 radical (unpaired) electrons. The maximum Gasteiger partial charge on any atom is 0.0593 e. The van der Waals surface area contributed by atoms with E-state index in [0.29, 0.717) is 0 Å². The van der Waals surface area contributed by atoms with Crippen molar-refractivity contribution in [2.24, 2.45) is 0 Å². The summed E-state index contributed by atoms with van der Waals surface area (Å²) in [7, 11) is 0. The molecule has 1 saturated heterocycles. The van der Waals surface area contributed by atoms with Gasteiger partial charge in [-0.3, -0.25) is 4.90 Å². The van der Waals surface area contributed by atoms with Gasteiger partial charge in [0.05, 0.1) is 6.61 Å². The minimum Gasteiger partial charge on any atom is -0.380 e. The maximum atomic E-state index is 5.39. The second-order valence-corrected chi connectivity index (χ2v) is 4.22. The molecule has 0 aromatic carbocycles. The summed E-state index contributed by atoms with van der Waals surface area (Å²) in [5, 5.41) is 3.38. The third kappa shape index (κ3) is 5.80. The van der Waals surface area contributed by atoms with Crippen molar-refractivity contribution in [3.8, 4) is 0 Å². The Labute approximate surface area is 99.9 Å². The Morgan fingerprint density at radius 3 is 2.56 bits per heavy atom. The smallest absolute Gasteiger partial charge is 0.0593 e. The standard InChI is InChI=1S/C12H27N3O/c1-3-14(11-12-16-4-2)9-10-15-7-5-13-6-8-15/h13H,3-12H2,1-2H3. The molecular weight excluding hydrogens is 202 g/mol. The summed E-state index contributed by atoms with van der Waals surface area (Å²) in [6.07, 6.45) is 0. The molecule has 96 valence electrons. The first-order valence-corrected chi connectivity index (χ1v) is 6.60. The Morgan fingerprint density at radius 1 is 1.19 bits per heavy atom. The van der Waals surface area contributed by atoms with Gasteiger partial charge in [0.15, 0.2) is 0 Å². The Kier molecular flexibility index (Phi) is 7.76. The molecule has 1 rings (SSSR count). The van der Waals surface area contributed by atoms with Crippen molar-refractivity contribution in [3.05, 3.63) is 0 Å². The summed E-state index contributed by atoms with van der Waals surface area (Å²) in [5.74, 6) is 0. The van der Waals surface area contributed by atoms with Gasteiger partial charge in [0, 0.05) is 52.4 Å². The predicted octanol–water partition coefficient (Wildman–Crippen LogP) is 0.250. The third-order valence-corrected chi connectivity index (χ3v) is 3.15. The predicted molar refractivity (Wildman–Crippen MR) is 67.9 cm³/mol. The van der Waals surface area contributed by atoms with E-state index in [1.54, 1.807) is 0 Å². The Bertz CT molecular complexity index is 160. The lowest BCUT2D eigenvalue weighted by Gasteiger charge is -2.29. The van der Waals surface area contributed by atoms with Crippen molar-refractivity contribution >= 4 is 0 Å². The van der Waals surface area contributed by atoms with Crippen LogP contribution in [0.15, 0.2) is 0 Å². The van der Waals surface area contributed by atoms with Crippen LogP contribution in [0.3, 0.4) is 0 Å². The van der Waals surface area contributed by atoms with Crippen LogP contribution in [0, 0.1) is 0 Å². The first kappa shape index (κ1) is 13.9. The fourth-order valence-corrected chi connectivity index (χ4v) is 1.98. The van der Waals surface area contributed by atoms with E-state index >= 15 is 0 Å². The van der Waals surface area contributed by atoms with E-state index in [0.717, 1.165) is 39.4 Å². The second kappa shape index (κ2) is 8.93. The van der Waals surface area contributed by atoms with Gasteiger partial charge < -0.3 is 15.0 Å². The summed E-state index contributed by atoms with van der Waals surface area (Å²) < 4.78 is 5.39. The van der Waals surface area contributed by atoms with Crippen molar-refractivity contribution in [3.63, 3.8) is 0 Å². The van der Waals surface area contributed by atoms with E-state index in [2.05, 4.69) is 29.0 Å². The largest absolute Gasteiger partial charge is 0.380 e. The van der Waals surface area contributed by atoms with E-state index < -0.39 is 0 Å². The molecule has 1 N–H and O–H groups in total. The van der Waals surface area contributed by atoms with Crippen LogP contribution < -0.4 is 5.32 Å². The number of rotatable bonds is 8. The van der Waals surface area contributed by atoms with Gasteiger partial charge in [0.2, 0.25) is 0 Å². The normalized spacial score (nSPS) is 18.2. The van der Waals surface area contributed by atoms with Gasteiger partial charge in [-0.1, -0.05) is 6.92 Å². The van der Waals surface area contributed by atoms with Gasteiger partial charge >= 0.3 is 0 Å². The lowest BCUT2D eigenvalue weighted by atomic mass is 10.3. The van der Waals surface area contributed by atoms with Gasteiger partial charge in [0.1, 0.15) is 0 Å². The first-order valence-electron chi connectivity index (χ1n) is 6.60. The number of hydrogen-bond donors (Lipinski definition) is 1. The third-order valence-electron chi connectivity index (χ3n) is 3.15. The van der Waals surface area contributed by atoms with Crippen molar-refractivity contribution in [2.75, 3.05) is 65.6 Å². The van der Waals surface area contributed by atoms with Gasteiger partial charge in [-0.25, -0.2) is 0 Å². The molecule has 0 spiro atoms. The van der Waals surface area contributed by atoms with Crippen LogP contribution in [0.25, 0.3) is 0 Å². The minimum absolute atomic E-state index is 0.829. The molecule has 1 aliphatic heterocycles. The topological polar surface area (TPSA) is 27.7 Å². The molecule has 1 heterocycles. The van der Waals surface area contributed by atoms with E-state index in [1.165, 1.54) is 26.2 Å². The monoisotopic (exact) mass is 229 g/mol. The van der Waals surface area contributed by atoms with E-state index in [1.807, 2.05) is 0 Å². The highest BCUT2D eigenvalue weighted by molar-refractivity contribution is 4.69. The minimum atomic E-state index is 0.829. The number of hydrogen-bond acceptors (Lipinski definition) is 4. The Morgan fingerprint density at radius 2 is 1.94 bits per heavy atom. The number of piperazine rings is 1. The fraction of sp³-hybridized carbons (Fsp3) is 1.00. The van der Waals surface area contributed by atoms with E-state index in [4.69, 9.17) is 4.74 Å². The van der Waals surface area contributed by atoms with Crippen LogP contribution in [0.1, 0.15) is 13.8 Å².